The summed E-state index contributed by atoms with van der Waals surface area (Å²) in [5.74, 6) is 0.888. The number of benzene rings is 1. The van der Waals surface area contributed by atoms with Crippen LogP contribution in [-0.2, 0) is 13.0 Å². The van der Waals surface area contributed by atoms with Gasteiger partial charge in [-0.3, -0.25) is 4.68 Å². The average Bonchev–Trinajstić information content (AvgIpc) is 3.11. The third kappa shape index (κ3) is 2.27. The Labute approximate surface area is 108 Å². The number of hydrogen-bond donors (Lipinski definition) is 1. The Morgan fingerprint density at radius 1 is 1.39 bits per heavy atom. The summed E-state index contributed by atoms with van der Waals surface area (Å²) in [7, 11) is 0. The molecular weight excluding hydrogens is 222 g/mol. The van der Waals surface area contributed by atoms with E-state index in [1.807, 2.05) is 0 Å². The van der Waals surface area contributed by atoms with Gasteiger partial charge in [0, 0.05) is 24.4 Å². The third-order valence-electron chi connectivity index (χ3n) is 3.82. The predicted octanol–water partition coefficient (Wildman–Crippen LogP) is 2.73. The number of hydrogen-bond acceptors (Lipinski definition) is 2. The van der Waals surface area contributed by atoms with Crippen LogP contribution in [0.2, 0.25) is 0 Å². The highest BCUT2D eigenvalue weighted by Crippen LogP contribution is 2.33. The molecule has 0 saturated heterocycles. The molecule has 0 bridgehead atoms. The van der Waals surface area contributed by atoms with Crippen LogP contribution in [0, 0.1) is 5.92 Å². The molecule has 1 saturated carbocycles. The average molecular weight is 243 g/mol. The number of aryl methyl sites for hydroxylation is 1. The van der Waals surface area contributed by atoms with E-state index in [1.165, 1.54) is 29.4 Å². The lowest BCUT2D eigenvalue weighted by Crippen LogP contribution is -2.23. The lowest BCUT2D eigenvalue weighted by molar-refractivity contribution is 0.554. The molecule has 0 spiro atoms. The van der Waals surface area contributed by atoms with Crippen LogP contribution in [0.4, 0.5) is 0 Å². The van der Waals surface area contributed by atoms with Crippen molar-refractivity contribution in [1.29, 1.82) is 0 Å². The first-order valence-corrected chi connectivity index (χ1v) is 6.98. The SMILES string of the molecule is CCn1nc(CC(N)CC2CC2)c2ccccc21. The molecule has 1 fully saturated rings. The van der Waals surface area contributed by atoms with E-state index in [1.54, 1.807) is 0 Å². The number of para-hydroxylation sites is 1. The third-order valence-corrected chi connectivity index (χ3v) is 3.82. The first-order chi connectivity index (χ1) is 8.78. The van der Waals surface area contributed by atoms with Gasteiger partial charge in [-0.2, -0.15) is 5.10 Å². The molecule has 0 amide bonds. The monoisotopic (exact) mass is 243 g/mol. The standard InChI is InChI=1S/C15H21N3/c1-2-18-15-6-4-3-5-13(15)14(17-18)10-12(16)9-11-7-8-11/h3-6,11-12H,2,7-10,16H2,1H3. The Hall–Kier alpha value is -1.35. The van der Waals surface area contributed by atoms with Crippen LogP contribution in [0.1, 0.15) is 31.9 Å². The number of nitrogens with zero attached hydrogens (tertiary/aromatic N) is 2. The number of fused-ring (bicyclic) bond motifs is 1. The topological polar surface area (TPSA) is 43.8 Å². The molecule has 2 aromatic rings. The summed E-state index contributed by atoms with van der Waals surface area (Å²) in [6.45, 7) is 3.05. The van der Waals surface area contributed by atoms with E-state index in [4.69, 9.17) is 10.8 Å². The van der Waals surface area contributed by atoms with Gasteiger partial charge in [-0.25, -0.2) is 0 Å². The summed E-state index contributed by atoms with van der Waals surface area (Å²) >= 11 is 0. The van der Waals surface area contributed by atoms with Gasteiger partial charge in [0.15, 0.2) is 0 Å². The van der Waals surface area contributed by atoms with Gasteiger partial charge < -0.3 is 5.73 Å². The van der Waals surface area contributed by atoms with Crippen molar-refractivity contribution >= 4 is 10.9 Å². The van der Waals surface area contributed by atoms with E-state index in [2.05, 4.69) is 35.9 Å². The zero-order valence-electron chi connectivity index (χ0n) is 11.0. The molecule has 1 unspecified atom stereocenters. The Bertz CT molecular complexity index is 540. The van der Waals surface area contributed by atoms with Gasteiger partial charge >= 0.3 is 0 Å². The van der Waals surface area contributed by atoms with E-state index in [9.17, 15) is 0 Å². The van der Waals surface area contributed by atoms with Crippen molar-refractivity contribution < 1.29 is 0 Å². The highest BCUT2D eigenvalue weighted by Gasteiger charge is 2.24. The fraction of sp³-hybridized carbons (Fsp3) is 0.533. The van der Waals surface area contributed by atoms with Crippen molar-refractivity contribution in [3.8, 4) is 0 Å². The summed E-state index contributed by atoms with van der Waals surface area (Å²) < 4.78 is 2.08. The van der Waals surface area contributed by atoms with E-state index >= 15 is 0 Å². The van der Waals surface area contributed by atoms with Gasteiger partial charge in [0.2, 0.25) is 0 Å². The van der Waals surface area contributed by atoms with Crippen LogP contribution in [0.25, 0.3) is 10.9 Å². The van der Waals surface area contributed by atoms with Crippen molar-refractivity contribution in [3.63, 3.8) is 0 Å². The van der Waals surface area contributed by atoms with Crippen LogP contribution >= 0.6 is 0 Å². The Morgan fingerprint density at radius 3 is 2.89 bits per heavy atom. The van der Waals surface area contributed by atoms with Gasteiger partial charge in [0.25, 0.3) is 0 Å². The van der Waals surface area contributed by atoms with Crippen molar-refractivity contribution in [3.05, 3.63) is 30.0 Å². The van der Waals surface area contributed by atoms with Gasteiger partial charge in [-0.1, -0.05) is 31.0 Å². The highest BCUT2D eigenvalue weighted by molar-refractivity contribution is 5.82. The first kappa shape index (κ1) is 11.7. The quantitative estimate of drug-likeness (QED) is 0.877. The summed E-state index contributed by atoms with van der Waals surface area (Å²) in [5, 5.41) is 5.98. The van der Waals surface area contributed by atoms with Crippen molar-refractivity contribution in [2.75, 3.05) is 0 Å². The molecular formula is C15H21N3. The molecule has 2 N–H and O–H groups in total. The van der Waals surface area contributed by atoms with Gasteiger partial charge in [-0.05, 0) is 25.3 Å². The molecule has 3 nitrogen and oxygen atoms in total. The minimum Gasteiger partial charge on any atom is -0.327 e. The molecule has 0 radical (unpaired) electrons. The predicted molar refractivity (Wildman–Crippen MR) is 74.4 cm³/mol. The van der Waals surface area contributed by atoms with Crippen LogP contribution < -0.4 is 5.73 Å². The smallest absolute Gasteiger partial charge is 0.0718 e. The molecule has 3 heteroatoms. The summed E-state index contributed by atoms with van der Waals surface area (Å²) in [6, 6.07) is 8.72. The molecule has 1 aliphatic rings. The Morgan fingerprint density at radius 2 is 2.17 bits per heavy atom. The number of nitrogens with two attached hydrogens (primary N) is 1. The lowest BCUT2D eigenvalue weighted by atomic mass is 10.0. The zero-order valence-corrected chi connectivity index (χ0v) is 11.0. The van der Waals surface area contributed by atoms with Crippen molar-refractivity contribution in [2.45, 2.75) is 45.2 Å². The molecule has 3 rings (SSSR count). The van der Waals surface area contributed by atoms with Crippen molar-refractivity contribution in [2.24, 2.45) is 11.7 Å². The zero-order chi connectivity index (χ0) is 12.5. The fourth-order valence-corrected chi connectivity index (χ4v) is 2.70. The van der Waals surface area contributed by atoms with Gasteiger partial charge in [-0.15, -0.1) is 0 Å². The molecule has 18 heavy (non-hydrogen) atoms. The molecule has 1 aliphatic carbocycles. The lowest BCUT2D eigenvalue weighted by Gasteiger charge is -2.08. The van der Waals surface area contributed by atoms with Crippen LogP contribution in [0.3, 0.4) is 0 Å². The van der Waals surface area contributed by atoms with E-state index < -0.39 is 0 Å². The molecule has 1 atom stereocenters. The first-order valence-electron chi connectivity index (χ1n) is 6.98. The summed E-state index contributed by atoms with van der Waals surface area (Å²) in [4.78, 5) is 0. The second-order valence-electron chi connectivity index (χ2n) is 5.42. The minimum absolute atomic E-state index is 0.265. The summed E-state index contributed by atoms with van der Waals surface area (Å²) in [5.41, 5.74) is 8.64. The number of rotatable bonds is 5. The van der Waals surface area contributed by atoms with Gasteiger partial charge in [0.05, 0.1) is 11.2 Å². The Kier molecular flexibility index (Phi) is 3.08. The second kappa shape index (κ2) is 4.73. The van der Waals surface area contributed by atoms with Crippen LogP contribution in [0.5, 0.6) is 0 Å². The maximum atomic E-state index is 6.24. The second-order valence-corrected chi connectivity index (χ2v) is 5.42. The van der Waals surface area contributed by atoms with E-state index in [0.29, 0.717) is 0 Å². The molecule has 1 heterocycles. The number of aromatic nitrogens is 2. The van der Waals surface area contributed by atoms with Gasteiger partial charge in [0.1, 0.15) is 0 Å². The van der Waals surface area contributed by atoms with E-state index in [-0.39, 0.29) is 6.04 Å². The minimum atomic E-state index is 0.265. The highest BCUT2D eigenvalue weighted by atomic mass is 15.3. The molecule has 0 aliphatic heterocycles. The maximum Gasteiger partial charge on any atom is 0.0718 e. The van der Waals surface area contributed by atoms with Crippen LogP contribution in [-0.4, -0.2) is 15.8 Å². The fourth-order valence-electron chi connectivity index (χ4n) is 2.70. The molecule has 1 aromatic carbocycles. The van der Waals surface area contributed by atoms with E-state index in [0.717, 1.165) is 25.3 Å². The van der Waals surface area contributed by atoms with Crippen molar-refractivity contribution in [1.82, 2.24) is 9.78 Å². The largest absolute Gasteiger partial charge is 0.327 e. The summed E-state index contributed by atoms with van der Waals surface area (Å²) in [6.07, 6.45) is 4.81. The molecule has 1 aromatic heterocycles. The normalized spacial score (nSPS) is 17.2. The maximum absolute atomic E-state index is 6.24. The molecule has 96 valence electrons. The van der Waals surface area contributed by atoms with Crippen LogP contribution in [0.15, 0.2) is 24.3 Å². The Balaban J connectivity index is 1.85.